The molecule has 7 heteroatoms. The van der Waals surface area contributed by atoms with Crippen LogP contribution in [0.2, 0.25) is 0 Å². The molecule has 1 aromatic carbocycles. The van der Waals surface area contributed by atoms with Gasteiger partial charge in [-0.25, -0.2) is 4.39 Å². The van der Waals surface area contributed by atoms with Gasteiger partial charge in [-0.2, -0.15) is 13.2 Å². The highest BCUT2D eigenvalue weighted by molar-refractivity contribution is 6.01. The number of hydrogen-bond donors (Lipinski definition) is 1. The minimum atomic E-state index is -4.63. The lowest BCUT2D eigenvalue weighted by Crippen LogP contribution is -2.31. The van der Waals surface area contributed by atoms with Crippen molar-refractivity contribution in [2.24, 2.45) is 5.16 Å². The zero-order chi connectivity index (χ0) is 15.3. The molecule has 0 aliphatic heterocycles. The zero-order valence-corrected chi connectivity index (χ0v) is 10.6. The smallest absolute Gasteiger partial charge is 0.411 e. The standard InChI is InChI=1S/C13H13F4NO2/c1-3-11(13(15,16)17)20-7-10(18-19)9-6-4-5-8(2)12(9)14/h3-6,11,19H,1,7H2,2H3/t11-/m0/s1. The van der Waals surface area contributed by atoms with E-state index in [1.165, 1.54) is 25.1 Å². The number of oxime groups is 1. The van der Waals surface area contributed by atoms with E-state index in [1.807, 2.05) is 0 Å². The van der Waals surface area contributed by atoms with Gasteiger partial charge in [0.25, 0.3) is 0 Å². The van der Waals surface area contributed by atoms with Crippen molar-refractivity contribution >= 4 is 5.71 Å². The lowest BCUT2D eigenvalue weighted by molar-refractivity contribution is -0.199. The van der Waals surface area contributed by atoms with E-state index in [0.29, 0.717) is 6.08 Å². The summed E-state index contributed by atoms with van der Waals surface area (Å²) in [6, 6.07) is 4.27. The monoisotopic (exact) mass is 291 g/mol. The fourth-order valence-electron chi connectivity index (χ4n) is 1.50. The van der Waals surface area contributed by atoms with Crippen LogP contribution in [0.5, 0.6) is 0 Å². The number of ether oxygens (including phenoxy) is 1. The minimum absolute atomic E-state index is 0.113. The van der Waals surface area contributed by atoms with Crippen LogP contribution in [0.15, 0.2) is 36.0 Å². The highest BCUT2D eigenvalue weighted by Gasteiger charge is 2.38. The predicted octanol–water partition coefficient (Wildman–Crippen LogP) is 3.45. The molecule has 110 valence electrons. The van der Waals surface area contributed by atoms with Gasteiger partial charge in [-0.15, -0.1) is 6.58 Å². The van der Waals surface area contributed by atoms with Crippen molar-refractivity contribution in [3.05, 3.63) is 47.8 Å². The van der Waals surface area contributed by atoms with Gasteiger partial charge in [-0.1, -0.05) is 23.4 Å². The quantitative estimate of drug-likeness (QED) is 0.297. The molecule has 0 saturated heterocycles. The summed E-state index contributed by atoms with van der Waals surface area (Å²) in [6.07, 6.45) is -6.28. The number of hydrogen-bond acceptors (Lipinski definition) is 3. The SMILES string of the molecule is C=C[C@H](OCC(=NO)c1cccc(C)c1F)C(F)(F)F. The zero-order valence-electron chi connectivity index (χ0n) is 10.6. The summed E-state index contributed by atoms with van der Waals surface area (Å²) in [5.41, 5.74) is -0.167. The first-order valence-corrected chi connectivity index (χ1v) is 5.58. The average molecular weight is 291 g/mol. The molecule has 0 amide bonds. The van der Waals surface area contributed by atoms with Crippen LogP contribution in [0.4, 0.5) is 17.6 Å². The predicted molar refractivity (Wildman–Crippen MR) is 65.5 cm³/mol. The van der Waals surface area contributed by atoms with Crippen molar-refractivity contribution in [2.45, 2.75) is 19.2 Å². The van der Waals surface area contributed by atoms with Crippen molar-refractivity contribution < 1.29 is 27.5 Å². The third kappa shape index (κ3) is 3.80. The lowest BCUT2D eigenvalue weighted by Gasteiger charge is -2.17. The average Bonchev–Trinajstić information content (AvgIpc) is 2.37. The Morgan fingerprint density at radius 1 is 1.50 bits per heavy atom. The van der Waals surface area contributed by atoms with E-state index in [-0.39, 0.29) is 16.8 Å². The van der Waals surface area contributed by atoms with E-state index in [2.05, 4.69) is 16.5 Å². The molecular formula is C13H13F4NO2. The van der Waals surface area contributed by atoms with Crippen LogP contribution in [-0.2, 0) is 4.74 Å². The molecule has 0 aliphatic rings. The van der Waals surface area contributed by atoms with Gasteiger partial charge in [0.1, 0.15) is 11.5 Å². The Balaban J connectivity index is 2.89. The van der Waals surface area contributed by atoms with Crippen LogP contribution in [0.1, 0.15) is 11.1 Å². The van der Waals surface area contributed by atoms with Crippen molar-refractivity contribution in [1.82, 2.24) is 0 Å². The molecule has 0 unspecified atom stereocenters. The summed E-state index contributed by atoms with van der Waals surface area (Å²) in [4.78, 5) is 0. The number of rotatable bonds is 5. The van der Waals surface area contributed by atoms with Crippen LogP contribution in [0, 0.1) is 12.7 Å². The third-order valence-electron chi connectivity index (χ3n) is 2.56. The fraction of sp³-hybridized carbons (Fsp3) is 0.308. The summed E-state index contributed by atoms with van der Waals surface area (Å²) in [5.74, 6) is -0.675. The highest BCUT2D eigenvalue weighted by atomic mass is 19.4. The number of benzene rings is 1. The molecule has 0 spiro atoms. The summed E-state index contributed by atoms with van der Waals surface area (Å²) in [7, 11) is 0. The summed E-state index contributed by atoms with van der Waals surface area (Å²) in [6.45, 7) is 3.80. The van der Waals surface area contributed by atoms with Crippen LogP contribution < -0.4 is 0 Å². The largest absolute Gasteiger partial charge is 0.418 e. The van der Waals surface area contributed by atoms with Crippen LogP contribution in [0.3, 0.4) is 0 Å². The number of aryl methyl sites for hydroxylation is 1. The Morgan fingerprint density at radius 3 is 2.65 bits per heavy atom. The van der Waals surface area contributed by atoms with Crippen LogP contribution in [0.25, 0.3) is 0 Å². The Kier molecular flexibility index (Phi) is 5.26. The minimum Gasteiger partial charge on any atom is -0.411 e. The summed E-state index contributed by atoms with van der Waals surface area (Å²) in [5, 5.41) is 11.6. The molecule has 0 bridgehead atoms. The molecule has 0 heterocycles. The van der Waals surface area contributed by atoms with Gasteiger partial charge in [0.05, 0.1) is 6.61 Å². The molecule has 0 saturated carbocycles. The summed E-state index contributed by atoms with van der Waals surface area (Å²) >= 11 is 0. The molecule has 0 fully saturated rings. The molecule has 0 aromatic heterocycles. The van der Waals surface area contributed by atoms with Crippen molar-refractivity contribution in [1.29, 1.82) is 0 Å². The van der Waals surface area contributed by atoms with E-state index in [1.54, 1.807) is 0 Å². The van der Waals surface area contributed by atoms with Gasteiger partial charge in [0.2, 0.25) is 0 Å². The number of nitrogens with zero attached hydrogens (tertiary/aromatic N) is 1. The molecule has 1 atom stereocenters. The van der Waals surface area contributed by atoms with Crippen molar-refractivity contribution in [2.75, 3.05) is 6.61 Å². The molecule has 1 rings (SSSR count). The third-order valence-corrected chi connectivity index (χ3v) is 2.56. The van der Waals surface area contributed by atoms with Crippen LogP contribution >= 0.6 is 0 Å². The van der Waals surface area contributed by atoms with E-state index < -0.39 is 24.7 Å². The van der Waals surface area contributed by atoms with E-state index >= 15 is 0 Å². The molecule has 1 aromatic rings. The second kappa shape index (κ2) is 6.51. The fourth-order valence-corrected chi connectivity index (χ4v) is 1.50. The number of halogens is 4. The molecule has 3 nitrogen and oxygen atoms in total. The van der Waals surface area contributed by atoms with Crippen LogP contribution in [-0.4, -0.2) is 29.8 Å². The van der Waals surface area contributed by atoms with Gasteiger partial charge in [0, 0.05) is 5.56 Å². The first-order chi connectivity index (χ1) is 9.31. The molecule has 20 heavy (non-hydrogen) atoms. The lowest BCUT2D eigenvalue weighted by atomic mass is 10.1. The topological polar surface area (TPSA) is 41.8 Å². The Hall–Kier alpha value is -1.89. The Morgan fingerprint density at radius 2 is 2.15 bits per heavy atom. The van der Waals surface area contributed by atoms with Gasteiger partial charge in [0.15, 0.2) is 6.10 Å². The first-order valence-electron chi connectivity index (χ1n) is 5.58. The first kappa shape index (κ1) is 16.2. The van der Waals surface area contributed by atoms with Gasteiger partial charge < -0.3 is 9.94 Å². The molecular weight excluding hydrogens is 278 g/mol. The maximum absolute atomic E-state index is 13.8. The van der Waals surface area contributed by atoms with E-state index in [4.69, 9.17) is 5.21 Å². The van der Waals surface area contributed by atoms with E-state index in [0.717, 1.165) is 0 Å². The van der Waals surface area contributed by atoms with Gasteiger partial charge in [-0.05, 0) is 18.6 Å². The normalized spacial score (nSPS) is 14.2. The van der Waals surface area contributed by atoms with E-state index in [9.17, 15) is 17.6 Å². The number of alkyl halides is 3. The highest BCUT2D eigenvalue weighted by Crippen LogP contribution is 2.24. The van der Waals surface area contributed by atoms with Crippen molar-refractivity contribution in [3.63, 3.8) is 0 Å². The molecule has 0 aliphatic carbocycles. The molecule has 1 N–H and O–H groups in total. The van der Waals surface area contributed by atoms with Crippen molar-refractivity contribution in [3.8, 4) is 0 Å². The Labute approximate surface area is 113 Å². The maximum Gasteiger partial charge on any atom is 0.418 e. The molecule has 0 radical (unpaired) electrons. The second-order valence-electron chi connectivity index (χ2n) is 3.99. The van der Waals surface area contributed by atoms with Gasteiger partial charge in [-0.3, -0.25) is 0 Å². The summed E-state index contributed by atoms with van der Waals surface area (Å²) < 4.78 is 55.7. The second-order valence-corrected chi connectivity index (χ2v) is 3.99. The Bertz CT molecular complexity index is 512. The maximum atomic E-state index is 13.8. The van der Waals surface area contributed by atoms with Gasteiger partial charge >= 0.3 is 6.18 Å².